The molecule has 2 rings (SSSR count). The second kappa shape index (κ2) is 3.20. The maximum absolute atomic E-state index is 9.69. The first-order valence-electron chi connectivity index (χ1n) is 4.76. The third kappa shape index (κ3) is 2.64. The first kappa shape index (κ1) is 9.40. The Morgan fingerprint density at radius 3 is 2.31 bits per heavy atom. The van der Waals surface area contributed by atoms with Gasteiger partial charge in [0.25, 0.3) is 0 Å². The van der Waals surface area contributed by atoms with Crippen LogP contribution in [0.1, 0.15) is 19.8 Å². The Kier molecular flexibility index (Phi) is 2.32. The lowest BCUT2D eigenvalue weighted by molar-refractivity contribution is -0.204. The molecule has 76 valence electrons. The predicted molar refractivity (Wildman–Crippen MR) is 45.0 cm³/mol. The molecule has 0 amide bonds. The van der Waals surface area contributed by atoms with Gasteiger partial charge in [-0.3, -0.25) is 0 Å². The summed E-state index contributed by atoms with van der Waals surface area (Å²) in [7, 11) is 0. The van der Waals surface area contributed by atoms with Gasteiger partial charge in [0, 0.05) is 12.3 Å². The van der Waals surface area contributed by atoms with Crippen LogP contribution >= 0.6 is 0 Å². The van der Waals surface area contributed by atoms with E-state index in [0.29, 0.717) is 13.0 Å². The quantitative estimate of drug-likeness (QED) is 0.466. The van der Waals surface area contributed by atoms with Gasteiger partial charge in [-0.25, -0.2) is 0 Å². The van der Waals surface area contributed by atoms with E-state index in [2.05, 4.69) is 0 Å². The number of epoxide rings is 2. The molecule has 0 aliphatic carbocycles. The fraction of sp³-hybridized carbons (Fsp3) is 1.00. The van der Waals surface area contributed by atoms with Crippen molar-refractivity contribution in [1.29, 1.82) is 0 Å². The molecule has 0 aromatic heterocycles. The van der Waals surface area contributed by atoms with E-state index in [1.165, 1.54) is 0 Å². The normalized spacial score (nSPS) is 34.4. The number of rotatable bonds is 5. The Morgan fingerprint density at radius 2 is 1.85 bits per heavy atom. The topological polar surface area (TPSA) is 65.5 Å². The van der Waals surface area contributed by atoms with Crippen molar-refractivity contribution in [1.82, 2.24) is 0 Å². The van der Waals surface area contributed by atoms with E-state index in [9.17, 15) is 10.2 Å². The molecule has 0 spiro atoms. The molecule has 4 heteroatoms. The molecule has 2 heterocycles. The number of aliphatic hydroxyl groups is 2. The van der Waals surface area contributed by atoms with Gasteiger partial charge >= 0.3 is 0 Å². The second-order valence-electron chi connectivity index (χ2n) is 4.13. The van der Waals surface area contributed by atoms with Gasteiger partial charge in [0.05, 0.1) is 25.4 Å². The van der Waals surface area contributed by atoms with Crippen LogP contribution in [-0.4, -0.2) is 41.4 Å². The summed E-state index contributed by atoms with van der Waals surface area (Å²) in [6.07, 6.45) is 1.34. The van der Waals surface area contributed by atoms with E-state index in [0.717, 1.165) is 13.0 Å². The minimum atomic E-state index is -1.59. The third-order valence-corrected chi connectivity index (χ3v) is 2.74. The molecule has 2 fully saturated rings. The van der Waals surface area contributed by atoms with E-state index in [1.807, 2.05) is 6.92 Å². The zero-order valence-electron chi connectivity index (χ0n) is 7.77. The summed E-state index contributed by atoms with van der Waals surface area (Å²) in [5.41, 5.74) is 0. The largest absolute Gasteiger partial charge is 0.373 e. The van der Waals surface area contributed by atoms with Crippen molar-refractivity contribution in [3.63, 3.8) is 0 Å². The maximum Gasteiger partial charge on any atom is 0.167 e. The lowest BCUT2D eigenvalue weighted by atomic mass is 9.92. The van der Waals surface area contributed by atoms with Gasteiger partial charge in [-0.1, -0.05) is 6.92 Å². The molecule has 2 N–H and O–H groups in total. The number of ether oxygens (including phenoxy) is 2. The maximum atomic E-state index is 9.69. The average molecular weight is 188 g/mol. The Balaban J connectivity index is 1.79. The zero-order valence-corrected chi connectivity index (χ0v) is 7.77. The molecule has 2 aliphatic rings. The lowest BCUT2D eigenvalue weighted by Gasteiger charge is -2.27. The number of hydrogen-bond donors (Lipinski definition) is 2. The summed E-state index contributed by atoms with van der Waals surface area (Å²) in [6, 6.07) is 0. The Hall–Kier alpha value is -0.160. The minimum Gasteiger partial charge on any atom is -0.373 e. The summed E-state index contributed by atoms with van der Waals surface area (Å²) in [5.74, 6) is -1.74. The first-order valence-corrected chi connectivity index (χ1v) is 4.76. The van der Waals surface area contributed by atoms with E-state index in [-0.39, 0.29) is 18.1 Å². The Morgan fingerprint density at radius 1 is 1.31 bits per heavy atom. The molecular weight excluding hydrogens is 172 g/mol. The zero-order chi connectivity index (χ0) is 9.47. The molecule has 0 aromatic carbocycles. The molecule has 4 nitrogen and oxygen atoms in total. The van der Waals surface area contributed by atoms with E-state index in [1.54, 1.807) is 0 Å². The fourth-order valence-electron chi connectivity index (χ4n) is 1.51. The summed E-state index contributed by atoms with van der Waals surface area (Å²) in [4.78, 5) is 0. The van der Waals surface area contributed by atoms with Crippen LogP contribution in [0.3, 0.4) is 0 Å². The highest BCUT2D eigenvalue weighted by atomic mass is 16.6. The monoisotopic (exact) mass is 188 g/mol. The van der Waals surface area contributed by atoms with E-state index >= 15 is 0 Å². The average Bonchev–Trinajstić information content (AvgIpc) is 2.81. The van der Waals surface area contributed by atoms with Crippen LogP contribution in [0.5, 0.6) is 0 Å². The highest BCUT2D eigenvalue weighted by Gasteiger charge is 2.41. The molecule has 0 aromatic rings. The first-order chi connectivity index (χ1) is 6.08. The minimum absolute atomic E-state index is 0.0533. The highest BCUT2D eigenvalue weighted by molar-refractivity contribution is 4.85. The van der Waals surface area contributed by atoms with Crippen LogP contribution in [0, 0.1) is 5.92 Å². The van der Waals surface area contributed by atoms with Gasteiger partial charge in [0.1, 0.15) is 0 Å². The molecule has 0 radical (unpaired) electrons. The van der Waals surface area contributed by atoms with Crippen LogP contribution in [0.25, 0.3) is 0 Å². The molecule has 2 aliphatic heterocycles. The molecular formula is C9H16O4. The SMILES string of the molecule is CC(CC1CO1)C(O)(O)CC1CO1. The fourth-order valence-corrected chi connectivity index (χ4v) is 1.51. The van der Waals surface area contributed by atoms with E-state index < -0.39 is 5.79 Å². The van der Waals surface area contributed by atoms with Crippen LogP contribution in [0.2, 0.25) is 0 Å². The van der Waals surface area contributed by atoms with Crippen LogP contribution in [0.4, 0.5) is 0 Å². The van der Waals surface area contributed by atoms with Gasteiger partial charge in [-0.15, -0.1) is 0 Å². The Bertz CT molecular complexity index is 184. The van der Waals surface area contributed by atoms with E-state index in [4.69, 9.17) is 9.47 Å². The Labute approximate surface area is 77.5 Å². The number of hydrogen-bond acceptors (Lipinski definition) is 4. The molecule has 3 unspecified atom stereocenters. The standard InChI is InChI=1S/C9H16O4/c1-6(2-7-4-12-7)9(10,11)3-8-5-13-8/h6-8,10-11H,2-5H2,1H3. The molecule has 13 heavy (non-hydrogen) atoms. The molecule has 0 bridgehead atoms. The van der Waals surface area contributed by atoms with Gasteiger partial charge in [0.2, 0.25) is 0 Å². The highest BCUT2D eigenvalue weighted by Crippen LogP contribution is 2.31. The second-order valence-corrected chi connectivity index (χ2v) is 4.13. The summed E-state index contributed by atoms with van der Waals surface area (Å²) in [5, 5.41) is 19.4. The molecule has 0 saturated carbocycles. The summed E-state index contributed by atoms with van der Waals surface area (Å²) >= 11 is 0. The van der Waals surface area contributed by atoms with Crippen LogP contribution in [-0.2, 0) is 9.47 Å². The lowest BCUT2D eigenvalue weighted by Crippen LogP contribution is -2.38. The van der Waals surface area contributed by atoms with Gasteiger partial charge in [0.15, 0.2) is 5.79 Å². The van der Waals surface area contributed by atoms with Crippen molar-refractivity contribution in [3.8, 4) is 0 Å². The smallest absolute Gasteiger partial charge is 0.167 e. The van der Waals surface area contributed by atoms with Gasteiger partial charge in [-0.2, -0.15) is 0 Å². The van der Waals surface area contributed by atoms with Crippen molar-refractivity contribution in [2.75, 3.05) is 13.2 Å². The third-order valence-electron chi connectivity index (χ3n) is 2.74. The van der Waals surface area contributed by atoms with Crippen molar-refractivity contribution in [2.45, 2.75) is 37.8 Å². The van der Waals surface area contributed by atoms with Crippen LogP contribution in [0.15, 0.2) is 0 Å². The van der Waals surface area contributed by atoms with Crippen molar-refractivity contribution in [2.24, 2.45) is 5.92 Å². The van der Waals surface area contributed by atoms with Crippen molar-refractivity contribution in [3.05, 3.63) is 0 Å². The van der Waals surface area contributed by atoms with Gasteiger partial charge < -0.3 is 19.7 Å². The summed E-state index contributed by atoms with van der Waals surface area (Å²) in [6.45, 7) is 3.26. The summed E-state index contributed by atoms with van der Waals surface area (Å²) < 4.78 is 10.0. The molecule has 3 atom stereocenters. The predicted octanol–water partition coefficient (Wildman–Crippen LogP) is -0.119. The van der Waals surface area contributed by atoms with Crippen molar-refractivity contribution >= 4 is 0 Å². The van der Waals surface area contributed by atoms with Crippen molar-refractivity contribution < 1.29 is 19.7 Å². The van der Waals surface area contributed by atoms with Crippen LogP contribution < -0.4 is 0 Å². The molecule has 2 saturated heterocycles. The van der Waals surface area contributed by atoms with Gasteiger partial charge in [-0.05, 0) is 6.42 Å².